The molecule has 0 aliphatic carbocycles. The van der Waals surface area contributed by atoms with Gasteiger partial charge in [0.1, 0.15) is 0 Å². The molecule has 0 saturated heterocycles. The second kappa shape index (κ2) is 7.60. The van der Waals surface area contributed by atoms with Crippen LogP contribution in [0.15, 0.2) is 48.3 Å². The van der Waals surface area contributed by atoms with E-state index in [1.165, 1.54) is 16.7 Å². The molecule has 4 heteroatoms. The van der Waals surface area contributed by atoms with Crippen molar-refractivity contribution < 1.29 is 9.90 Å². The number of carboxylic acid groups (broad SMARTS) is 1. The molecule has 0 amide bonds. The van der Waals surface area contributed by atoms with Crippen LogP contribution < -0.4 is 0 Å². The van der Waals surface area contributed by atoms with Crippen molar-refractivity contribution in [3.63, 3.8) is 0 Å². The van der Waals surface area contributed by atoms with Gasteiger partial charge in [-0.2, -0.15) is 0 Å². The number of hydrogen-bond donors (Lipinski definition) is 1. The number of rotatable bonds is 4. The fraction of sp³-hybridized carbons (Fsp3) is 0.176. The topological polar surface area (TPSA) is 50.2 Å². The maximum atomic E-state index is 10.8. The van der Waals surface area contributed by atoms with E-state index in [-0.39, 0.29) is 12.4 Å². The monoisotopic (exact) mass is 303 g/mol. The van der Waals surface area contributed by atoms with Crippen LogP contribution in [0.1, 0.15) is 29.2 Å². The molecular formula is C17H18ClNO2. The fourth-order valence-corrected chi connectivity index (χ4v) is 1.95. The SMILES string of the molecule is CC(=Cc1ccc(Cc2cnccc2C)cc1)C(=O)O.Cl. The van der Waals surface area contributed by atoms with E-state index in [0.717, 1.165) is 12.0 Å². The zero-order valence-electron chi connectivity index (χ0n) is 12.0. The van der Waals surface area contributed by atoms with Crippen LogP contribution in [0, 0.1) is 6.92 Å². The highest BCUT2D eigenvalue weighted by Crippen LogP contribution is 2.14. The van der Waals surface area contributed by atoms with E-state index in [4.69, 9.17) is 5.11 Å². The third kappa shape index (κ3) is 4.72. The molecule has 0 unspecified atom stereocenters. The summed E-state index contributed by atoms with van der Waals surface area (Å²) in [6.07, 6.45) is 6.18. The van der Waals surface area contributed by atoms with Gasteiger partial charge in [-0.15, -0.1) is 12.4 Å². The number of aromatic nitrogens is 1. The van der Waals surface area contributed by atoms with Gasteiger partial charge in [0, 0.05) is 18.0 Å². The highest BCUT2D eigenvalue weighted by atomic mass is 35.5. The van der Waals surface area contributed by atoms with Crippen molar-refractivity contribution in [1.29, 1.82) is 0 Å². The lowest BCUT2D eigenvalue weighted by Crippen LogP contribution is -1.95. The number of carbonyl (C=O) groups is 1. The Balaban J connectivity index is 0.00000220. The molecule has 1 aromatic carbocycles. The molecule has 2 rings (SSSR count). The molecule has 2 aromatic rings. The highest BCUT2D eigenvalue weighted by Gasteiger charge is 2.02. The lowest BCUT2D eigenvalue weighted by atomic mass is 10.0. The van der Waals surface area contributed by atoms with E-state index < -0.39 is 5.97 Å². The van der Waals surface area contributed by atoms with Crippen LogP contribution in [0.2, 0.25) is 0 Å². The van der Waals surface area contributed by atoms with Crippen LogP contribution in [0.5, 0.6) is 0 Å². The molecule has 0 radical (unpaired) electrons. The minimum absolute atomic E-state index is 0. The summed E-state index contributed by atoms with van der Waals surface area (Å²) >= 11 is 0. The van der Waals surface area contributed by atoms with Gasteiger partial charge in [0.05, 0.1) is 0 Å². The molecule has 110 valence electrons. The lowest BCUT2D eigenvalue weighted by molar-refractivity contribution is -0.132. The number of pyridine rings is 1. The first-order valence-electron chi connectivity index (χ1n) is 6.46. The molecule has 1 heterocycles. The molecule has 0 aliphatic heterocycles. The Morgan fingerprint density at radius 3 is 2.48 bits per heavy atom. The summed E-state index contributed by atoms with van der Waals surface area (Å²) in [6, 6.07) is 9.92. The van der Waals surface area contributed by atoms with Crippen LogP contribution >= 0.6 is 12.4 Å². The van der Waals surface area contributed by atoms with Crippen LogP contribution in [0.25, 0.3) is 6.08 Å². The second-order valence-corrected chi connectivity index (χ2v) is 4.85. The molecule has 3 nitrogen and oxygen atoms in total. The van der Waals surface area contributed by atoms with Crippen molar-refractivity contribution in [2.45, 2.75) is 20.3 Å². The van der Waals surface area contributed by atoms with Crippen LogP contribution in [0.3, 0.4) is 0 Å². The second-order valence-electron chi connectivity index (χ2n) is 4.85. The van der Waals surface area contributed by atoms with E-state index in [0.29, 0.717) is 5.57 Å². The lowest BCUT2D eigenvalue weighted by Gasteiger charge is -2.05. The standard InChI is InChI=1S/C17H17NO2.ClH/c1-12-7-8-18-11-16(12)10-15-5-3-14(4-6-15)9-13(2)17(19)20;/h3-9,11H,10H2,1-2H3,(H,19,20);1H. The first kappa shape index (κ1) is 16.9. The minimum atomic E-state index is -0.889. The van der Waals surface area contributed by atoms with Gasteiger partial charge < -0.3 is 5.11 Å². The number of carboxylic acids is 1. The van der Waals surface area contributed by atoms with E-state index in [2.05, 4.69) is 11.9 Å². The Kier molecular flexibility index (Phi) is 6.12. The Bertz CT molecular complexity index is 648. The summed E-state index contributed by atoms with van der Waals surface area (Å²) < 4.78 is 0. The summed E-state index contributed by atoms with van der Waals surface area (Å²) in [4.78, 5) is 14.9. The summed E-state index contributed by atoms with van der Waals surface area (Å²) in [7, 11) is 0. The molecule has 0 atom stereocenters. The van der Waals surface area contributed by atoms with Crippen molar-refractivity contribution >= 4 is 24.5 Å². The molecule has 1 aromatic heterocycles. The Hall–Kier alpha value is -2.13. The van der Waals surface area contributed by atoms with Gasteiger partial charge in [-0.25, -0.2) is 4.79 Å². The van der Waals surface area contributed by atoms with Gasteiger partial charge in [0.2, 0.25) is 0 Å². The third-order valence-corrected chi connectivity index (χ3v) is 3.24. The molecule has 0 aliphatic rings. The zero-order chi connectivity index (χ0) is 14.5. The van der Waals surface area contributed by atoms with Crippen molar-refractivity contribution in [3.8, 4) is 0 Å². The summed E-state index contributed by atoms with van der Waals surface area (Å²) in [5, 5.41) is 8.85. The highest BCUT2D eigenvalue weighted by molar-refractivity contribution is 5.91. The maximum absolute atomic E-state index is 10.8. The molecule has 21 heavy (non-hydrogen) atoms. The first-order valence-corrected chi connectivity index (χ1v) is 6.46. The van der Waals surface area contributed by atoms with Crippen LogP contribution in [-0.2, 0) is 11.2 Å². The number of nitrogens with zero attached hydrogens (tertiary/aromatic N) is 1. The fourth-order valence-electron chi connectivity index (χ4n) is 1.95. The normalized spacial score (nSPS) is 10.9. The van der Waals surface area contributed by atoms with Gasteiger partial charge in [0.15, 0.2) is 0 Å². The van der Waals surface area contributed by atoms with E-state index in [1.807, 2.05) is 36.5 Å². The molecule has 1 N–H and O–H groups in total. The minimum Gasteiger partial charge on any atom is -0.478 e. The predicted molar refractivity (Wildman–Crippen MR) is 86.8 cm³/mol. The quantitative estimate of drug-likeness (QED) is 0.872. The summed E-state index contributed by atoms with van der Waals surface area (Å²) in [5.74, 6) is -0.889. The van der Waals surface area contributed by atoms with E-state index in [9.17, 15) is 4.79 Å². The van der Waals surface area contributed by atoms with Crippen molar-refractivity contribution in [2.75, 3.05) is 0 Å². The van der Waals surface area contributed by atoms with Crippen LogP contribution in [-0.4, -0.2) is 16.1 Å². The van der Waals surface area contributed by atoms with E-state index in [1.54, 1.807) is 19.2 Å². The number of halogens is 1. The van der Waals surface area contributed by atoms with Crippen molar-refractivity contribution in [3.05, 3.63) is 70.6 Å². The molecule has 0 bridgehead atoms. The Morgan fingerprint density at radius 2 is 1.90 bits per heavy atom. The third-order valence-electron chi connectivity index (χ3n) is 3.24. The molecule has 0 fully saturated rings. The Labute approximate surface area is 130 Å². The number of aliphatic carboxylic acids is 1. The molecule has 0 spiro atoms. The summed E-state index contributed by atoms with van der Waals surface area (Å²) in [6.45, 7) is 3.67. The Morgan fingerprint density at radius 1 is 1.24 bits per heavy atom. The average molecular weight is 304 g/mol. The average Bonchev–Trinajstić information content (AvgIpc) is 2.43. The zero-order valence-corrected chi connectivity index (χ0v) is 12.9. The van der Waals surface area contributed by atoms with Gasteiger partial charge in [0.25, 0.3) is 0 Å². The predicted octanol–water partition coefficient (Wildman–Crippen LogP) is 3.89. The largest absolute Gasteiger partial charge is 0.478 e. The number of hydrogen-bond acceptors (Lipinski definition) is 2. The number of aryl methyl sites for hydroxylation is 1. The maximum Gasteiger partial charge on any atom is 0.331 e. The summed E-state index contributed by atoms with van der Waals surface area (Å²) in [5.41, 5.74) is 4.85. The van der Waals surface area contributed by atoms with Gasteiger partial charge in [-0.1, -0.05) is 24.3 Å². The van der Waals surface area contributed by atoms with Crippen molar-refractivity contribution in [2.24, 2.45) is 0 Å². The molecule has 0 saturated carbocycles. The van der Waals surface area contributed by atoms with Crippen molar-refractivity contribution in [1.82, 2.24) is 4.98 Å². The van der Waals surface area contributed by atoms with Gasteiger partial charge in [-0.3, -0.25) is 4.98 Å². The van der Waals surface area contributed by atoms with Gasteiger partial charge >= 0.3 is 5.97 Å². The first-order chi connectivity index (χ1) is 9.56. The molecular weight excluding hydrogens is 286 g/mol. The number of benzene rings is 1. The smallest absolute Gasteiger partial charge is 0.331 e. The van der Waals surface area contributed by atoms with Crippen LogP contribution in [0.4, 0.5) is 0 Å². The van der Waals surface area contributed by atoms with Gasteiger partial charge in [-0.05, 0) is 54.7 Å². The van der Waals surface area contributed by atoms with E-state index >= 15 is 0 Å².